The van der Waals surface area contributed by atoms with Crippen LogP contribution in [0, 0.1) is 23.4 Å². The van der Waals surface area contributed by atoms with Crippen LogP contribution in [0.15, 0.2) is 54.6 Å². The van der Waals surface area contributed by atoms with E-state index in [4.69, 9.17) is 9.84 Å². The Kier molecular flexibility index (Phi) is 7.39. The quantitative estimate of drug-likeness (QED) is 0.410. The Morgan fingerprint density at radius 1 is 0.879 bits per heavy atom. The molecule has 1 fully saturated rings. The van der Waals surface area contributed by atoms with E-state index in [1.54, 1.807) is 42.5 Å². The van der Waals surface area contributed by atoms with Crippen molar-refractivity contribution in [2.75, 3.05) is 7.11 Å². The van der Waals surface area contributed by atoms with Gasteiger partial charge in [-0.1, -0.05) is 42.5 Å². The molecule has 3 aromatic carbocycles. The third-order valence-electron chi connectivity index (χ3n) is 6.93. The number of methoxy groups -OCH3 is 1. The maximum Gasteiger partial charge on any atom is 0.166 e. The van der Waals surface area contributed by atoms with Crippen molar-refractivity contribution in [1.29, 1.82) is 0 Å². The molecule has 4 rings (SSSR count). The lowest BCUT2D eigenvalue weighted by atomic mass is 9.76. The van der Waals surface area contributed by atoms with Gasteiger partial charge in [-0.3, -0.25) is 0 Å². The molecule has 33 heavy (non-hydrogen) atoms. The van der Waals surface area contributed by atoms with E-state index >= 15 is 0 Å². The van der Waals surface area contributed by atoms with Crippen molar-refractivity contribution in [3.63, 3.8) is 0 Å². The first kappa shape index (κ1) is 23.4. The number of aliphatic hydroxyl groups excluding tert-OH is 1. The third kappa shape index (κ3) is 5.25. The Bertz CT molecular complexity index is 1090. The van der Waals surface area contributed by atoms with Gasteiger partial charge in [0, 0.05) is 11.6 Å². The van der Waals surface area contributed by atoms with Gasteiger partial charge in [0.15, 0.2) is 11.6 Å². The molecule has 1 saturated carbocycles. The van der Waals surface area contributed by atoms with Gasteiger partial charge in [-0.25, -0.2) is 13.2 Å². The average molecular weight is 455 g/mol. The monoisotopic (exact) mass is 454 g/mol. The maximum atomic E-state index is 14.8. The molecule has 0 aromatic heterocycles. The first-order valence-electron chi connectivity index (χ1n) is 11.5. The minimum atomic E-state index is -0.831. The van der Waals surface area contributed by atoms with E-state index < -0.39 is 11.6 Å². The predicted octanol–water partition coefficient (Wildman–Crippen LogP) is 7.18. The minimum Gasteiger partial charge on any atom is -0.497 e. The Morgan fingerprint density at radius 3 is 2.24 bits per heavy atom. The topological polar surface area (TPSA) is 29.5 Å². The first-order valence-corrected chi connectivity index (χ1v) is 11.5. The van der Waals surface area contributed by atoms with Crippen LogP contribution in [0.1, 0.15) is 54.7 Å². The van der Waals surface area contributed by atoms with E-state index in [1.807, 2.05) is 6.07 Å². The molecule has 0 saturated heterocycles. The second-order valence-corrected chi connectivity index (χ2v) is 8.90. The Labute approximate surface area is 193 Å². The molecule has 0 radical (unpaired) electrons. The summed E-state index contributed by atoms with van der Waals surface area (Å²) >= 11 is 0. The molecule has 5 heteroatoms. The SMILES string of the molecule is COc1ccc(C2CCC(CCc3ccc(-c4ccc(CO)cc4)c(F)c3F)CC2)c(F)c1. The second-order valence-electron chi connectivity index (χ2n) is 8.90. The molecule has 0 amide bonds. The molecule has 1 aliphatic rings. The summed E-state index contributed by atoms with van der Waals surface area (Å²) in [5.41, 5.74) is 2.67. The molecule has 1 N–H and O–H groups in total. The van der Waals surface area contributed by atoms with Gasteiger partial charge < -0.3 is 9.84 Å². The summed E-state index contributed by atoms with van der Waals surface area (Å²) in [7, 11) is 1.53. The second kappa shape index (κ2) is 10.4. The van der Waals surface area contributed by atoms with Gasteiger partial charge in [-0.05, 0) is 78.7 Å². The number of aliphatic hydroxyl groups is 1. The van der Waals surface area contributed by atoms with Crippen LogP contribution >= 0.6 is 0 Å². The van der Waals surface area contributed by atoms with Crippen LogP contribution in [0.2, 0.25) is 0 Å². The lowest BCUT2D eigenvalue weighted by Crippen LogP contribution is -2.15. The predicted molar refractivity (Wildman–Crippen MR) is 124 cm³/mol. The average Bonchev–Trinajstić information content (AvgIpc) is 2.85. The summed E-state index contributed by atoms with van der Waals surface area (Å²) in [4.78, 5) is 0. The van der Waals surface area contributed by atoms with E-state index in [2.05, 4.69) is 0 Å². The number of halogens is 3. The molecule has 1 aliphatic carbocycles. The summed E-state index contributed by atoms with van der Waals surface area (Å²) in [6, 6.07) is 15.1. The Hall–Kier alpha value is -2.79. The molecule has 0 unspecified atom stereocenters. The van der Waals surface area contributed by atoms with Gasteiger partial charge in [0.1, 0.15) is 11.6 Å². The highest BCUT2D eigenvalue weighted by molar-refractivity contribution is 5.65. The van der Waals surface area contributed by atoms with Crippen LogP contribution in [0.4, 0.5) is 13.2 Å². The van der Waals surface area contributed by atoms with Crippen molar-refractivity contribution >= 4 is 0 Å². The number of aryl methyl sites for hydroxylation is 1. The van der Waals surface area contributed by atoms with Crippen LogP contribution in [0.25, 0.3) is 11.1 Å². The third-order valence-corrected chi connectivity index (χ3v) is 6.93. The van der Waals surface area contributed by atoms with E-state index in [9.17, 15) is 13.2 Å². The number of hydrogen-bond acceptors (Lipinski definition) is 2. The standard InChI is InChI=1S/C28H29F3O2/c1-33-23-13-15-24(26(29)16-23)20-7-2-18(3-8-20)4-11-22-12-14-25(28(31)27(22)30)21-9-5-19(17-32)6-10-21/h5-6,9-10,12-16,18,20,32H,2-4,7-8,11,17H2,1H3. The first-order chi connectivity index (χ1) is 16.0. The zero-order valence-corrected chi connectivity index (χ0v) is 18.8. The van der Waals surface area contributed by atoms with E-state index in [0.717, 1.165) is 43.2 Å². The van der Waals surface area contributed by atoms with E-state index in [-0.39, 0.29) is 23.9 Å². The normalized spacial score (nSPS) is 18.3. The molecule has 3 aromatic rings. The highest BCUT2D eigenvalue weighted by Gasteiger charge is 2.25. The molecule has 0 spiro atoms. The van der Waals surface area contributed by atoms with Crippen molar-refractivity contribution in [3.8, 4) is 16.9 Å². The molecule has 0 atom stereocenters. The summed E-state index contributed by atoms with van der Waals surface area (Å²) in [6.07, 6.45) is 4.98. The smallest absolute Gasteiger partial charge is 0.166 e. The van der Waals surface area contributed by atoms with Crippen LogP contribution in [0.5, 0.6) is 5.75 Å². The van der Waals surface area contributed by atoms with Gasteiger partial charge in [0.05, 0.1) is 13.7 Å². The summed E-state index contributed by atoms with van der Waals surface area (Å²) < 4.78 is 49.0. The van der Waals surface area contributed by atoms with Gasteiger partial charge in [0.25, 0.3) is 0 Å². The van der Waals surface area contributed by atoms with E-state index in [0.29, 0.717) is 29.2 Å². The van der Waals surface area contributed by atoms with Crippen LogP contribution in [0.3, 0.4) is 0 Å². The van der Waals surface area contributed by atoms with E-state index in [1.165, 1.54) is 13.2 Å². The molecule has 0 bridgehead atoms. The molecule has 0 aliphatic heterocycles. The number of hydrogen-bond donors (Lipinski definition) is 1. The van der Waals surface area contributed by atoms with Gasteiger partial charge >= 0.3 is 0 Å². The number of rotatable bonds is 7. The molecule has 0 heterocycles. The molecular formula is C28H29F3O2. The summed E-state index contributed by atoms with van der Waals surface area (Å²) in [5, 5.41) is 9.15. The van der Waals surface area contributed by atoms with Crippen molar-refractivity contribution in [2.24, 2.45) is 5.92 Å². The molecule has 174 valence electrons. The lowest BCUT2D eigenvalue weighted by Gasteiger charge is -2.29. The van der Waals surface area contributed by atoms with Crippen molar-refractivity contribution < 1.29 is 23.0 Å². The Morgan fingerprint density at radius 2 is 1.61 bits per heavy atom. The largest absolute Gasteiger partial charge is 0.497 e. The van der Waals surface area contributed by atoms with Crippen LogP contribution in [-0.4, -0.2) is 12.2 Å². The van der Waals surface area contributed by atoms with Crippen LogP contribution < -0.4 is 4.74 Å². The fraction of sp³-hybridized carbons (Fsp3) is 0.357. The van der Waals surface area contributed by atoms with Crippen molar-refractivity contribution in [1.82, 2.24) is 0 Å². The van der Waals surface area contributed by atoms with Gasteiger partial charge in [0.2, 0.25) is 0 Å². The molecular weight excluding hydrogens is 425 g/mol. The Balaban J connectivity index is 1.35. The number of benzene rings is 3. The van der Waals surface area contributed by atoms with Crippen molar-refractivity contribution in [3.05, 3.63) is 88.7 Å². The molecule has 2 nitrogen and oxygen atoms in total. The maximum absolute atomic E-state index is 14.8. The highest BCUT2D eigenvalue weighted by Crippen LogP contribution is 2.39. The summed E-state index contributed by atoms with van der Waals surface area (Å²) in [5.74, 6) is -0.696. The van der Waals surface area contributed by atoms with Crippen molar-refractivity contribution in [2.45, 2.75) is 51.0 Å². The van der Waals surface area contributed by atoms with Crippen LogP contribution in [-0.2, 0) is 13.0 Å². The minimum absolute atomic E-state index is 0.0903. The van der Waals surface area contributed by atoms with Gasteiger partial charge in [-0.2, -0.15) is 0 Å². The lowest BCUT2D eigenvalue weighted by molar-refractivity contribution is 0.282. The fourth-order valence-corrected chi connectivity index (χ4v) is 4.88. The highest BCUT2D eigenvalue weighted by atomic mass is 19.2. The summed E-state index contributed by atoms with van der Waals surface area (Å²) in [6.45, 7) is -0.0903. The zero-order chi connectivity index (χ0) is 23.4. The number of ether oxygens (including phenoxy) is 1. The zero-order valence-electron chi connectivity index (χ0n) is 18.8. The fourth-order valence-electron chi connectivity index (χ4n) is 4.88. The van der Waals surface area contributed by atoms with Gasteiger partial charge in [-0.15, -0.1) is 0 Å².